The number of benzene rings is 2. The molecule has 3 rings (SSSR count). The smallest absolute Gasteiger partial charge is 0.130 e. The largest absolute Gasteiger partial charge is 0.508 e. The molecule has 0 bridgehead atoms. The molecule has 2 nitrogen and oxygen atoms in total. The Hall–Kier alpha value is -2.35. The third kappa shape index (κ3) is 4.39. The van der Waals surface area contributed by atoms with E-state index in [1.165, 1.54) is 42.4 Å². The standard InChI is InChI=1S/C23H26O2/c1-17(24)11-16-22(18-7-5-6-8-18)23(19-9-3-2-4-10-19)20-12-14-21(25)15-13-20/h2-4,9-10,12-15,18,25H,5-8,11,16H2,1H3. The molecule has 2 aromatic carbocycles. The number of carbonyl (C=O) groups is 1. The number of Topliss-reactive ketones (excluding diaryl/α,β-unsaturated/α-hetero) is 1. The van der Waals surface area contributed by atoms with Crippen molar-refractivity contribution >= 4 is 11.4 Å². The summed E-state index contributed by atoms with van der Waals surface area (Å²) < 4.78 is 0. The van der Waals surface area contributed by atoms with Crippen LogP contribution in [0.1, 0.15) is 56.6 Å². The summed E-state index contributed by atoms with van der Waals surface area (Å²) in [6, 6.07) is 17.9. The quantitative estimate of drug-likeness (QED) is 0.730. The summed E-state index contributed by atoms with van der Waals surface area (Å²) in [5, 5.41) is 9.67. The van der Waals surface area contributed by atoms with Crippen molar-refractivity contribution in [2.45, 2.75) is 45.4 Å². The van der Waals surface area contributed by atoms with Crippen molar-refractivity contribution in [2.24, 2.45) is 5.92 Å². The first-order valence-electron chi connectivity index (χ1n) is 9.22. The molecule has 0 spiro atoms. The minimum Gasteiger partial charge on any atom is -0.508 e. The lowest BCUT2D eigenvalue weighted by molar-refractivity contribution is -0.117. The summed E-state index contributed by atoms with van der Waals surface area (Å²) in [5.74, 6) is 1.08. The Morgan fingerprint density at radius 3 is 2.12 bits per heavy atom. The Morgan fingerprint density at radius 1 is 0.920 bits per heavy atom. The molecule has 0 amide bonds. The number of ketones is 1. The summed E-state index contributed by atoms with van der Waals surface area (Å²) in [4.78, 5) is 11.6. The fourth-order valence-electron chi connectivity index (χ4n) is 3.89. The van der Waals surface area contributed by atoms with Gasteiger partial charge in [0.05, 0.1) is 0 Å². The number of allylic oxidation sites excluding steroid dienone is 1. The van der Waals surface area contributed by atoms with E-state index in [1.54, 1.807) is 19.1 Å². The average Bonchev–Trinajstić information content (AvgIpc) is 3.14. The number of aromatic hydroxyl groups is 1. The highest BCUT2D eigenvalue weighted by atomic mass is 16.3. The molecule has 0 saturated heterocycles. The number of hydrogen-bond donors (Lipinski definition) is 1. The maximum absolute atomic E-state index is 11.6. The molecule has 1 aliphatic carbocycles. The molecule has 1 aliphatic rings. The molecule has 25 heavy (non-hydrogen) atoms. The molecule has 2 heteroatoms. The van der Waals surface area contributed by atoms with Crippen LogP contribution in [0.15, 0.2) is 60.2 Å². The highest BCUT2D eigenvalue weighted by Crippen LogP contribution is 2.40. The van der Waals surface area contributed by atoms with Crippen LogP contribution in [-0.4, -0.2) is 10.9 Å². The molecular weight excluding hydrogens is 308 g/mol. The van der Waals surface area contributed by atoms with Gasteiger partial charge >= 0.3 is 0 Å². The van der Waals surface area contributed by atoms with Gasteiger partial charge in [-0.05, 0) is 60.9 Å². The van der Waals surface area contributed by atoms with Crippen LogP contribution < -0.4 is 0 Å². The Balaban J connectivity index is 2.14. The third-order valence-electron chi connectivity index (χ3n) is 5.13. The van der Waals surface area contributed by atoms with Crippen LogP contribution in [0.3, 0.4) is 0 Å². The van der Waals surface area contributed by atoms with Crippen LogP contribution in [0.4, 0.5) is 0 Å². The predicted octanol–water partition coefficient (Wildman–Crippen LogP) is 5.75. The van der Waals surface area contributed by atoms with Crippen LogP contribution in [-0.2, 0) is 4.79 Å². The van der Waals surface area contributed by atoms with E-state index in [0.717, 1.165) is 12.0 Å². The van der Waals surface area contributed by atoms with Crippen molar-refractivity contribution in [3.63, 3.8) is 0 Å². The zero-order valence-electron chi connectivity index (χ0n) is 14.9. The summed E-state index contributed by atoms with van der Waals surface area (Å²) in [7, 11) is 0. The van der Waals surface area contributed by atoms with Gasteiger partial charge in [0.2, 0.25) is 0 Å². The van der Waals surface area contributed by atoms with Gasteiger partial charge in [-0.25, -0.2) is 0 Å². The lowest BCUT2D eigenvalue weighted by Crippen LogP contribution is -2.06. The van der Waals surface area contributed by atoms with Gasteiger partial charge < -0.3 is 9.90 Å². The second-order valence-electron chi connectivity index (χ2n) is 7.00. The number of rotatable bonds is 6. The van der Waals surface area contributed by atoms with E-state index in [4.69, 9.17) is 0 Å². The van der Waals surface area contributed by atoms with Crippen LogP contribution in [0.5, 0.6) is 5.75 Å². The van der Waals surface area contributed by atoms with Crippen LogP contribution in [0, 0.1) is 5.92 Å². The number of hydrogen-bond acceptors (Lipinski definition) is 2. The molecular formula is C23H26O2. The third-order valence-corrected chi connectivity index (χ3v) is 5.13. The molecule has 2 aromatic rings. The van der Waals surface area contributed by atoms with E-state index in [0.29, 0.717) is 12.3 Å². The minimum absolute atomic E-state index is 0.244. The first-order valence-corrected chi connectivity index (χ1v) is 9.22. The van der Waals surface area contributed by atoms with E-state index in [2.05, 4.69) is 24.3 Å². The zero-order chi connectivity index (χ0) is 17.6. The Labute approximate surface area is 150 Å². The second-order valence-corrected chi connectivity index (χ2v) is 7.00. The summed E-state index contributed by atoms with van der Waals surface area (Å²) >= 11 is 0. The van der Waals surface area contributed by atoms with E-state index in [9.17, 15) is 9.90 Å². The molecule has 0 aromatic heterocycles. The first-order chi connectivity index (χ1) is 12.1. The molecule has 0 heterocycles. The highest BCUT2D eigenvalue weighted by Gasteiger charge is 2.24. The monoisotopic (exact) mass is 334 g/mol. The normalized spacial score (nSPS) is 15.9. The Bertz CT molecular complexity index is 735. The Morgan fingerprint density at radius 2 is 1.52 bits per heavy atom. The van der Waals surface area contributed by atoms with E-state index in [1.807, 2.05) is 18.2 Å². The minimum atomic E-state index is 0.244. The molecule has 0 radical (unpaired) electrons. The molecule has 0 atom stereocenters. The average molecular weight is 334 g/mol. The van der Waals surface area contributed by atoms with Gasteiger partial charge in [0.1, 0.15) is 11.5 Å². The summed E-state index contributed by atoms with van der Waals surface area (Å²) in [6.07, 6.45) is 6.38. The molecule has 0 aliphatic heterocycles. The topological polar surface area (TPSA) is 37.3 Å². The van der Waals surface area contributed by atoms with Gasteiger partial charge in [0.15, 0.2) is 0 Å². The zero-order valence-corrected chi connectivity index (χ0v) is 14.9. The van der Waals surface area contributed by atoms with E-state index >= 15 is 0 Å². The van der Waals surface area contributed by atoms with Crippen molar-refractivity contribution in [3.05, 3.63) is 71.3 Å². The molecule has 130 valence electrons. The van der Waals surface area contributed by atoms with Crippen molar-refractivity contribution in [1.29, 1.82) is 0 Å². The summed E-state index contributed by atoms with van der Waals surface area (Å²) in [6.45, 7) is 1.68. The van der Waals surface area contributed by atoms with Crippen LogP contribution in [0.2, 0.25) is 0 Å². The van der Waals surface area contributed by atoms with E-state index < -0.39 is 0 Å². The molecule has 1 fully saturated rings. The molecule has 0 unspecified atom stereocenters. The lowest BCUT2D eigenvalue weighted by Gasteiger charge is -2.21. The van der Waals surface area contributed by atoms with Gasteiger partial charge in [0.25, 0.3) is 0 Å². The van der Waals surface area contributed by atoms with Crippen LogP contribution in [0.25, 0.3) is 5.57 Å². The first kappa shape index (κ1) is 17.5. The van der Waals surface area contributed by atoms with Gasteiger partial charge in [-0.1, -0.05) is 60.9 Å². The lowest BCUT2D eigenvalue weighted by atomic mass is 9.83. The van der Waals surface area contributed by atoms with E-state index in [-0.39, 0.29) is 11.5 Å². The highest BCUT2D eigenvalue weighted by molar-refractivity contribution is 5.83. The fourth-order valence-corrected chi connectivity index (χ4v) is 3.89. The molecule has 1 N–H and O–H groups in total. The number of phenolic OH excluding ortho intramolecular Hbond substituents is 1. The predicted molar refractivity (Wildman–Crippen MR) is 102 cm³/mol. The van der Waals surface area contributed by atoms with Gasteiger partial charge in [-0.3, -0.25) is 0 Å². The number of phenols is 1. The fraction of sp³-hybridized carbons (Fsp3) is 0.348. The van der Waals surface area contributed by atoms with Crippen molar-refractivity contribution in [3.8, 4) is 5.75 Å². The SMILES string of the molecule is CC(=O)CCC(=C(c1ccccc1)c1ccc(O)cc1)C1CCCC1. The summed E-state index contributed by atoms with van der Waals surface area (Å²) in [5.41, 5.74) is 4.96. The number of carbonyl (C=O) groups excluding carboxylic acids is 1. The van der Waals surface area contributed by atoms with Gasteiger partial charge in [-0.15, -0.1) is 0 Å². The van der Waals surface area contributed by atoms with Gasteiger partial charge in [-0.2, -0.15) is 0 Å². The Kier molecular flexibility index (Phi) is 5.70. The van der Waals surface area contributed by atoms with Crippen LogP contribution >= 0.6 is 0 Å². The second kappa shape index (κ2) is 8.15. The maximum atomic E-state index is 11.6. The van der Waals surface area contributed by atoms with Crippen molar-refractivity contribution < 1.29 is 9.90 Å². The van der Waals surface area contributed by atoms with Crippen molar-refractivity contribution in [1.82, 2.24) is 0 Å². The molecule has 1 saturated carbocycles. The maximum Gasteiger partial charge on any atom is 0.130 e. The van der Waals surface area contributed by atoms with Crippen molar-refractivity contribution in [2.75, 3.05) is 0 Å². The van der Waals surface area contributed by atoms with Gasteiger partial charge in [0, 0.05) is 6.42 Å².